The van der Waals surface area contributed by atoms with Crippen molar-refractivity contribution in [3.8, 4) is 0 Å². The van der Waals surface area contributed by atoms with Crippen LogP contribution in [0, 0.1) is 35.0 Å². The second kappa shape index (κ2) is 22.5. The molecule has 1 saturated heterocycles. The Kier molecular flexibility index (Phi) is 26.3. The lowest BCUT2D eigenvalue weighted by Crippen LogP contribution is -2.53. The highest BCUT2D eigenvalue weighted by molar-refractivity contribution is 6.20. The summed E-state index contributed by atoms with van der Waals surface area (Å²) in [5.74, 6) is 3.97. The number of likely N-dealkylation sites (tertiary alicyclic amines) is 1. The molecule has 13 N–H and O–H groups in total. The van der Waals surface area contributed by atoms with E-state index in [0.29, 0.717) is 22.8 Å². The Morgan fingerprint density at radius 1 is 0.850 bits per heavy atom. The van der Waals surface area contributed by atoms with Crippen molar-refractivity contribution < 1.29 is 32.5 Å². The van der Waals surface area contributed by atoms with E-state index in [1.807, 2.05) is 0 Å². The number of hydrogen-bond donors (Lipinski definition) is 3. The highest BCUT2D eigenvalue weighted by Crippen LogP contribution is 2.45. The first kappa shape index (κ1) is 46.9. The molecule has 0 radical (unpaired) electrons. The van der Waals surface area contributed by atoms with Crippen LogP contribution in [0.25, 0.3) is 0 Å². The predicted molar refractivity (Wildman–Crippen MR) is 171 cm³/mol. The maximum atomic E-state index is 9.29. The van der Waals surface area contributed by atoms with Crippen LogP contribution < -0.4 is 10.6 Å². The molecule has 9 nitrogen and oxygen atoms in total. The third-order valence-corrected chi connectivity index (χ3v) is 9.95. The van der Waals surface area contributed by atoms with Crippen LogP contribution in [0.15, 0.2) is 0 Å². The van der Waals surface area contributed by atoms with E-state index >= 15 is 0 Å². The molecule has 3 unspecified atom stereocenters. The zero-order valence-corrected chi connectivity index (χ0v) is 26.3. The van der Waals surface area contributed by atoms with Gasteiger partial charge in [0.1, 0.15) is 0 Å². The molecule has 1 aliphatic heterocycles. The van der Waals surface area contributed by atoms with Crippen molar-refractivity contribution in [2.24, 2.45) is 35.0 Å². The van der Waals surface area contributed by atoms with E-state index in [1.54, 1.807) is 0 Å². The first-order valence-electron chi connectivity index (χ1n) is 14.6. The number of nitrogens with zero attached hydrogens (tertiary/aromatic N) is 1. The molecule has 0 amide bonds. The zero-order valence-electron chi connectivity index (χ0n) is 25.5. The summed E-state index contributed by atoms with van der Waals surface area (Å²) in [6.45, 7) is 18.1. The van der Waals surface area contributed by atoms with Gasteiger partial charge in [-0.15, -0.1) is 11.6 Å². The molecule has 0 aromatic rings. The molecule has 0 spiro atoms. The predicted octanol–water partition coefficient (Wildman–Crippen LogP) is 2.04. The van der Waals surface area contributed by atoms with Crippen LogP contribution >= 0.6 is 11.6 Å². The third kappa shape index (κ3) is 14.4. The van der Waals surface area contributed by atoms with Gasteiger partial charge in [-0.3, -0.25) is 0 Å². The molecule has 3 aliphatic rings. The topological polar surface area (TPSA) is 205 Å². The lowest BCUT2D eigenvalue weighted by molar-refractivity contribution is 0.00453. The van der Waals surface area contributed by atoms with Crippen LogP contribution in [0.2, 0.25) is 0 Å². The van der Waals surface area contributed by atoms with Crippen molar-refractivity contribution in [1.82, 2.24) is 15.5 Å². The summed E-state index contributed by atoms with van der Waals surface area (Å²) in [6, 6.07) is 0.791. The highest BCUT2D eigenvalue weighted by Gasteiger charge is 2.41. The van der Waals surface area contributed by atoms with Crippen molar-refractivity contribution in [3.05, 3.63) is 0 Å². The lowest BCUT2D eigenvalue weighted by Gasteiger charge is -2.49. The Morgan fingerprint density at radius 2 is 1.40 bits per heavy atom. The van der Waals surface area contributed by atoms with Crippen molar-refractivity contribution in [1.29, 1.82) is 0 Å². The number of nitrogens with one attached hydrogen (secondary N) is 2. The summed E-state index contributed by atoms with van der Waals surface area (Å²) in [6.07, 6.45) is 11.9. The highest BCUT2D eigenvalue weighted by atomic mass is 35.5. The molecule has 1 heterocycles. The van der Waals surface area contributed by atoms with Gasteiger partial charge in [0.05, 0.1) is 6.61 Å². The van der Waals surface area contributed by atoms with Crippen LogP contribution in [0.1, 0.15) is 99.8 Å². The van der Waals surface area contributed by atoms with E-state index < -0.39 is 0 Å². The Hall–Kier alpha value is -0.0700. The minimum Gasteiger partial charge on any atom is -0.412 e. The quantitative estimate of drug-likeness (QED) is 0.303. The zero-order chi connectivity index (χ0) is 24.7. The van der Waals surface area contributed by atoms with E-state index in [1.165, 1.54) is 77.4 Å². The van der Waals surface area contributed by atoms with Gasteiger partial charge in [-0.05, 0) is 113 Å². The first-order chi connectivity index (χ1) is 16.2. The molecule has 2 saturated carbocycles. The number of halogens is 1. The Labute approximate surface area is 251 Å². The fraction of sp³-hybridized carbons (Fsp3) is 1.00. The van der Waals surface area contributed by atoms with Gasteiger partial charge < -0.3 is 48.0 Å². The van der Waals surface area contributed by atoms with E-state index in [-0.39, 0.29) is 47.5 Å². The lowest BCUT2D eigenvalue weighted by atomic mass is 9.64. The summed E-state index contributed by atoms with van der Waals surface area (Å²) >= 11 is 6.40. The summed E-state index contributed by atoms with van der Waals surface area (Å²) < 4.78 is 0. The second-order valence-electron chi connectivity index (χ2n) is 13.3. The third-order valence-electron chi connectivity index (χ3n) is 9.51. The molecule has 0 aromatic carbocycles. The number of alkyl halides is 1. The summed E-state index contributed by atoms with van der Waals surface area (Å²) in [4.78, 5) is 2.77. The van der Waals surface area contributed by atoms with Gasteiger partial charge in [-0.1, -0.05) is 41.5 Å². The van der Waals surface area contributed by atoms with Crippen LogP contribution in [0.5, 0.6) is 0 Å². The maximum Gasteiger partial charge on any atom is 0.0581 e. The smallest absolute Gasteiger partial charge is 0.0581 e. The van der Waals surface area contributed by atoms with Gasteiger partial charge >= 0.3 is 0 Å². The number of rotatable bonds is 11. The largest absolute Gasteiger partial charge is 0.412 e. The molecule has 3 fully saturated rings. The molecular formula is C30H70ClN3O6. The molecule has 3 rings (SSSR count). The Morgan fingerprint density at radius 3 is 1.90 bits per heavy atom. The number of aliphatic hydroxyl groups is 1. The van der Waals surface area contributed by atoms with Crippen LogP contribution in [0.3, 0.4) is 0 Å². The minimum absolute atomic E-state index is 0. The van der Waals surface area contributed by atoms with Gasteiger partial charge in [-0.25, -0.2) is 0 Å². The Bertz CT molecular complexity index is 596. The fourth-order valence-corrected chi connectivity index (χ4v) is 7.56. The van der Waals surface area contributed by atoms with Crippen LogP contribution in [0.4, 0.5) is 0 Å². The fourth-order valence-electron chi connectivity index (χ4n) is 7.31. The second-order valence-corrected chi connectivity index (χ2v) is 13.9. The van der Waals surface area contributed by atoms with Crippen molar-refractivity contribution >= 4 is 11.6 Å². The summed E-state index contributed by atoms with van der Waals surface area (Å²) in [5, 5.41) is 17.3. The SMILES string of the molecule is C.CC(C)[C@H](CN1CCC(C2CCC(Cl)CC2)C(C)(C)C1)NCC1CCCC(CN[C@@H](C)CO)C1.O.O.O.O.O. The normalized spacial score (nSPS) is 29.6. The summed E-state index contributed by atoms with van der Waals surface area (Å²) in [5.41, 5.74) is 0.402. The van der Waals surface area contributed by atoms with Crippen molar-refractivity contribution in [2.45, 2.75) is 117 Å². The van der Waals surface area contributed by atoms with Crippen molar-refractivity contribution in [2.75, 3.05) is 39.3 Å². The summed E-state index contributed by atoms with van der Waals surface area (Å²) in [7, 11) is 0. The van der Waals surface area contributed by atoms with E-state index in [0.717, 1.165) is 36.8 Å². The van der Waals surface area contributed by atoms with Gasteiger partial charge in [0.2, 0.25) is 0 Å². The molecule has 2 aliphatic carbocycles. The molecule has 5 atom stereocenters. The standard InChI is InChI=1S/C29H56ClN3O.CH4.5H2O/c1-21(2)28(32-17-24-8-6-7-23(15-24)16-31-22(3)19-34)18-33-14-13-27(29(4,5)20-33)25-9-11-26(30)12-10-25;;;;;;/h21-28,31-32,34H,6-20H2,1-5H3;1H4;5*1H2/t22-,23?,24?,25?,26?,27?,28-;;;;;;/m0....../s1. The minimum atomic E-state index is 0. The maximum absolute atomic E-state index is 9.29. The van der Waals surface area contributed by atoms with E-state index in [9.17, 15) is 5.11 Å². The van der Waals surface area contributed by atoms with Gasteiger partial charge in [-0.2, -0.15) is 0 Å². The molecular weight excluding hydrogens is 534 g/mol. The van der Waals surface area contributed by atoms with Gasteiger partial charge in [0.25, 0.3) is 0 Å². The number of aliphatic hydroxyl groups excluding tert-OH is 1. The monoisotopic (exact) mass is 603 g/mol. The van der Waals surface area contributed by atoms with Gasteiger partial charge in [0, 0.05) is 30.6 Å². The van der Waals surface area contributed by atoms with Crippen LogP contribution in [-0.4, -0.2) is 94.2 Å². The molecule has 0 aromatic heterocycles. The first-order valence-corrected chi connectivity index (χ1v) is 15.1. The molecule has 10 heteroatoms. The average Bonchev–Trinajstić information content (AvgIpc) is 2.80. The molecule has 248 valence electrons. The van der Waals surface area contributed by atoms with Crippen LogP contribution in [-0.2, 0) is 0 Å². The molecule has 40 heavy (non-hydrogen) atoms. The number of hydrogen-bond acceptors (Lipinski definition) is 4. The Balaban J connectivity index is -0.00000108. The molecule has 0 bridgehead atoms. The van der Waals surface area contributed by atoms with Gasteiger partial charge in [0.15, 0.2) is 0 Å². The van der Waals surface area contributed by atoms with E-state index in [4.69, 9.17) is 11.6 Å². The van der Waals surface area contributed by atoms with Crippen molar-refractivity contribution in [3.63, 3.8) is 0 Å². The average molecular weight is 604 g/mol. The van der Waals surface area contributed by atoms with E-state index in [2.05, 4.69) is 50.2 Å². The number of piperidine rings is 1.